The topological polar surface area (TPSA) is 26.3 Å². The van der Waals surface area contributed by atoms with Crippen LogP contribution in [0.2, 0.25) is 0 Å². The lowest BCUT2D eigenvalue weighted by Gasteiger charge is -1.99. The van der Waals surface area contributed by atoms with E-state index in [9.17, 15) is 4.57 Å². The molecule has 0 heterocycles. The minimum absolute atomic E-state index is 0.297. The maximum atomic E-state index is 10.1. The van der Waals surface area contributed by atoms with Gasteiger partial charge in [-0.15, -0.1) is 0 Å². The van der Waals surface area contributed by atoms with E-state index in [1.807, 2.05) is 24.3 Å². The minimum atomic E-state index is -0.297. The largest absolute Gasteiger partial charge is 0.408 e. The Morgan fingerprint density at radius 3 is 2.50 bits per heavy atom. The Morgan fingerprint density at radius 2 is 2.00 bits per heavy atom. The van der Waals surface area contributed by atoms with E-state index in [4.69, 9.17) is 4.52 Å². The number of benzene rings is 1. The summed E-state index contributed by atoms with van der Waals surface area (Å²) in [7, 11) is -0.297. The molecule has 0 aliphatic heterocycles. The number of rotatable bonds is 4. The SMILES string of the molecule is CCCc1ccc(OP=O)cc1. The van der Waals surface area contributed by atoms with Gasteiger partial charge in [-0.25, -0.2) is 4.57 Å². The monoisotopic (exact) mass is 182 g/mol. The number of aryl methyl sites for hydroxylation is 1. The molecule has 1 rings (SSSR count). The average molecular weight is 182 g/mol. The predicted molar refractivity (Wildman–Crippen MR) is 48.7 cm³/mol. The van der Waals surface area contributed by atoms with Crippen molar-refractivity contribution in [1.29, 1.82) is 0 Å². The molecule has 1 aromatic rings. The summed E-state index contributed by atoms with van der Waals surface area (Å²) >= 11 is 0. The molecule has 0 bridgehead atoms. The smallest absolute Gasteiger partial charge is 0.395 e. The van der Waals surface area contributed by atoms with Crippen molar-refractivity contribution in [1.82, 2.24) is 0 Å². The van der Waals surface area contributed by atoms with Crippen LogP contribution in [0.25, 0.3) is 0 Å². The fraction of sp³-hybridized carbons (Fsp3) is 0.333. The van der Waals surface area contributed by atoms with Gasteiger partial charge in [0.2, 0.25) is 0 Å². The fourth-order valence-electron chi connectivity index (χ4n) is 1.05. The van der Waals surface area contributed by atoms with E-state index in [-0.39, 0.29) is 8.69 Å². The van der Waals surface area contributed by atoms with Crippen LogP contribution in [0.3, 0.4) is 0 Å². The first-order valence-corrected chi connectivity index (χ1v) is 4.68. The maximum Gasteiger partial charge on any atom is 0.395 e. The minimum Gasteiger partial charge on any atom is -0.408 e. The molecule has 0 atom stereocenters. The van der Waals surface area contributed by atoms with Gasteiger partial charge in [0.15, 0.2) is 0 Å². The van der Waals surface area contributed by atoms with E-state index in [0.29, 0.717) is 5.75 Å². The molecule has 0 unspecified atom stereocenters. The Labute approximate surface area is 73.8 Å². The summed E-state index contributed by atoms with van der Waals surface area (Å²) in [5.41, 5.74) is 1.28. The van der Waals surface area contributed by atoms with Gasteiger partial charge in [-0.2, -0.15) is 0 Å². The van der Waals surface area contributed by atoms with Crippen molar-refractivity contribution in [2.24, 2.45) is 0 Å². The molecule has 64 valence electrons. The van der Waals surface area contributed by atoms with Crippen LogP contribution >= 0.6 is 8.69 Å². The summed E-state index contributed by atoms with van der Waals surface area (Å²) in [6, 6.07) is 7.64. The van der Waals surface area contributed by atoms with Gasteiger partial charge in [0.05, 0.1) is 0 Å². The third-order valence-electron chi connectivity index (χ3n) is 1.60. The Balaban J connectivity index is 2.64. The van der Waals surface area contributed by atoms with Crippen LogP contribution in [-0.2, 0) is 11.0 Å². The van der Waals surface area contributed by atoms with Crippen molar-refractivity contribution in [3.05, 3.63) is 29.8 Å². The standard InChI is InChI=1S/C9H11O2P/c1-2-3-8-4-6-9(7-5-8)11-12-10/h4-7H,2-3H2,1H3. The van der Waals surface area contributed by atoms with Gasteiger partial charge < -0.3 is 4.52 Å². The second kappa shape index (κ2) is 4.89. The lowest BCUT2D eigenvalue weighted by Crippen LogP contribution is -1.82. The van der Waals surface area contributed by atoms with Crippen LogP contribution in [0.4, 0.5) is 0 Å². The molecule has 1 aromatic carbocycles. The Bertz CT molecular complexity index is 243. The van der Waals surface area contributed by atoms with Crippen molar-refractivity contribution in [3.63, 3.8) is 0 Å². The highest BCUT2D eigenvalue weighted by Crippen LogP contribution is 2.16. The third-order valence-corrected chi connectivity index (χ3v) is 1.89. The summed E-state index contributed by atoms with van der Waals surface area (Å²) in [6.07, 6.45) is 2.22. The Kier molecular flexibility index (Phi) is 3.75. The molecule has 0 amide bonds. The molecule has 0 N–H and O–H groups in total. The average Bonchev–Trinajstić information content (AvgIpc) is 2.09. The molecule has 0 aliphatic rings. The summed E-state index contributed by atoms with van der Waals surface area (Å²) in [5.74, 6) is 0.645. The molecule has 0 aromatic heterocycles. The van der Waals surface area contributed by atoms with Crippen molar-refractivity contribution in [3.8, 4) is 5.75 Å². The zero-order valence-corrected chi connectivity index (χ0v) is 7.88. The highest BCUT2D eigenvalue weighted by Gasteiger charge is 1.93. The highest BCUT2D eigenvalue weighted by atomic mass is 31.1. The molecular weight excluding hydrogens is 171 g/mol. The van der Waals surface area contributed by atoms with E-state index in [1.165, 1.54) is 5.56 Å². The van der Waals surface area contributed by atoms with Crippen LogP contribution < -0.4 is 4.52 Å². The van der Waals surface area contributed by atoms with Crippen LogP contribution in [0.15, 0.2) is 24.3 Å². The molecule has 0 saturated carbocycles. The van der Waals surface area contributed by atoms with E-state index in [0.717, 1.165) is 12.8 Å². The molecule has 0 fully saturated rings. The van der Waals surface area contributed by atoms with Gasteiger partial charge in [-0.05, 0) is 24.1 Å². The van der Waals surface area contributed by atoms with Crippen molar-refractivity contribution in [2.75, 3.05) is 0 Å². The van der Waals surface area contributed by atoms with Crippen LogP contribution in [0.1, 0.15) is 18.9 Å². The molecule has 0 spiro atoms. The van der Waals surface area contributed by atoms with Gasteiger partial charge in [0.1, 0.15) is 5.75 Å². The van der Waals surface area contributed by atoms with Gasteiger partial charge in [-0.1, -0.05) is 25.5 Å². The van der Waals surface area contributed by atoms with E-state index in [1.54, 1.807) is 0 Å². The summed E-state index contributed by atoms with van der Waals surface area (Å²) in [5, 5.41) is 0. The third kappa shape index (κ3) is 2.63. The van der Waals surface area contributed by atoms with Crippen LogP contribution in [-0.4, -0.2) is 0 Å². The zero-order valence-electron chi connectivity index (χ0n) is 6.99. The molecule has 0 radical (unpaired) electrons. The molecular formula is C9H11O2P. The van der Waals surface area contributed by atoms with E-state index < -0.39 is 0 Å². The van der Waals surface area contributed by atoms with Gasteiger partial charge in [0.25, 0.3) is 0 Å². The highest BCUT2D eigenvalue weighted by molar-refractivity contribution is 7.17. The van der Waals surface area contributed by atoms with Crippen molar-refractivity contribution >= 4 is 8.69 Å². The molecule has 3 heteroatoms. The number of hydrogen-bond acceptors (Lipinski definition) is 2. The first-order valence-electron chi connectivity index (χ1n) is 3.95. The Morgan fingerprint density at radius 1 is 1.33 bits per heavy atom. The summed E-state index contributed by atoms with van der Waals surface area (Å²) in [6.45, 7) is 2.14. The van der Waals surface area contributed by atoms with Crippen LogP contribution in [0.5, 0.6) is 5.75 Å². The molecule has 2 nitrogen and oxygen atoms in total. The quantitative estimate of drug-likeness (QED) is 0.668. The lowest BCUT2D eigenvalue weighted by atomic mass is 10.1. The normalized spacial score (nSPS) is 10.1. The molecule has 0 saturated heterocycles. The molecule has 12 heavy (non-hydrogen) atoms. The first-order chi connectivity index (χ1) is 5.86. The zero-order chi connectivity index (χ0) is 8.81. The van der Waals surface area contributed by atoms with Crippen molar-refractivity contribution in [2.45, 2.75) is 19.8 Å². The van der Waals surface area contributed by atoms with Gasteiger partial charge >= 0.3 is 8.69 Å². The van der Waals surface area contributed by atoms with Gasteiger partial charge in [-0.3, -0.25) is 0 Å². The second-order valence-electron chi connectivity index (χ2n) is 2.56. The summed E-state index contributed by atoms with van der Waals surface area (Å²) < 4.78 is 14.8. The molecule has 0 aliphatic carbocycles. The van der Waals surface area contributed by atoms with Crippen molar-refractivity contribution < 1.29 is 9.09 Å². The lowest BCUT2D eigenvalue weighted by molar-refractivity contribution is 0.525. The second-order valence-corrected chi connectivity index (χ2v) is 2.89. The van der Waals surface area contributed by atoms with E-state index >= 15 is 0 Å². The first kappa shape index (κ1) is 9.21. The number of hydrogen-bond donors (Lipinski definition) is 0. The maximum absolute atomic E-state index is 10.1. The summed E-state index contributed by atoms with van der Waals surface area (Å²) in [4.78, 5) is 0. The Hall–Kier alpha value is -0.880. The fourth-order valence-corrected chi connectivity index (χ4v) is 1.26. The van der Waals surface area contributed by atoms with E-state index in [2.05, 4.69) is 6.92 Å². The van der Waals surface area contributed by atoms with Crippen LogP contribution in [0, 0.1) is 0 Å². The van der Waals surface area contributed by atoms with Gasteiger partial charge in [0, 0.05) is 0 Å². The predicted octanol–water partition coefficient (Wildman–Crippen LogP) is 3.22.